The third-order valence-electron chi connectivity index (χ3n) is 3.33. The topological polar surface area (TPSA) is 86.7 Å². The van der Waals surface area contributed by atoms with Crippen LogP contribution in [0.2, 0.25) is 0 Å². The van der Waals surface area contributed by atoms with Crippen LogP contribution in [0.5, 0.6) is 5.75 Å². The lowest BCUT2D eigenvalue weighted by molar-refractivity contribution is 0.0471. The monoisotopic (exact) mass is 362 g/mol. The molecule has 0 spiro atoms. The number of hydrogen-bond donors (Lipinski definition) is 0. The molecule has 0 heterocycles. The molecule has 0 saturated carbocycles. The van der Waals surface area contributed by atoms with Crippen molar-refractivity contribution in [1.29, 1.82) is 0 Å². The number of Topliss-reactive ketones (excluding diaryl/α,β-unsaturated/α-hetero) is 1. The summed E-state index contributed by atoms with van der Waals surface area (Å²) in [7, 11) is -3.58. The van der Waals surface area contributed by atoms with Crippen LogP contribution in [0.15, 0.2) is 53.4 Å². The SMILES string of the molecule is CCOc1ccc(C(=O)COC(=O)c2ccccc2S(C)(=O)=O)cc1. The first-order valence-corrected chi connectivity index (χ1v) is 9.44. The molecule has 7 heteroatoms. The van der Waals surface area contributed by atoms with E-state index in [1.165, 1.54) is 24.3 Å². The molecule has 2 aromatic rings. The van der Waals surface area contributed by atoms with Gasteiger partial charge in [0.1, 0.15) is 5.75 Å². The molecule has 0 saturated heterocycles. The summed E-state index contributed by atoms with van der Waals surface area (Å²) in [6.07, 6.45) is 1.00. The molecule has 0 N–H and O–H groups in total. The van der Waals surface area contributed by atoms with Crippen LogP contribution in [0.3, 0.4) is 0 Å². The Balaban J connectivity index is 2.06. The van der Waals surface area contributed by atoms with Crippen LogP contribution in [-0.2, 0) is 14.6 Å². The normalized spacial score (nSPS) is 11.0. The van der Waals surface area contributed by atoms with Gasteiger partial charge in [-0.3, -0.25) is 4.79 Å². The molecule has 0 aliphatic heterocycles. The molecular formula is C18H18O6S. The molecular weight excluding hydrogens is 344 g/mol. The number of benzene rings is 2. The predicted octanol–water partition coefficient (Wildman–Crippen LogP) is 2.53. The first kappa shape index (κ1) is 18.7. The second-order valence-electron chi connectivity index (χ2n) is 5.23. The second-order valence-corrected chi connectivity index (χ2v) is 7.21. The van der Waals surface area contributed by atoms with Gasteiger partial charge in [0.15, 0.2) is 22.2 Å². The summed E-state index contributed by atoms with van der Waals surface area (Å²) in [5.41, 5.74) is 0.275. The molecule has 2 rings (SSSR count). The van der Waals surface area contributed by atoms with Crippen LogP contribution in [0.4, 0.5) is 0 Å². The Morgan fingerprint density at radius 3 is 2.24 bits per heavy atom. The zero-order valence-electron chi connectivity index (χ0n) is 13.9. The number of carbonyl (C=O) groups is 2. The van der Waals surface area contributed by atoms with E-state index in [0.717, 1.165) is 6.26 Å². The highest BCUT2D eigenvalue weighted by atomic mass is 32.2. The number of carbonyl (C=O) groups excluding carboxylic acids is 2. The summed E-state index contributed by atoms with van der Waals surface area (Å²) in [6.45, 7) is 1.89. The van der Waals surface area contributed by atoms with Gasteiger partial charge in [-0.25, -0.2) is 13.2 Å². The zero-order valence-corrected chi connectivity index (χ0v) is 14.7. The standard InChI is InChI=1S/C18H18O6S/c1-3-23-14-10-8-13(9-11-14)16(19)12-24-18(20)15-6-4-5-7-17(15)25(2,21)22/h4-11H,3,12H2,1-2H3. The van der Waals surface area contributed by atoms with Gasteiger partial charge in [0, 0.05) is 11.8 Å². The third-order valence-corrected chi connectivity index (χ3v) is 4.48. The third kappa shape index (κ3) is 4.90. The Labute approximate surface area is 146 Å². The molecule has 132 valence electrons. The Morgan fingerprint density at radius 2 is 1.64 bits per heavy atom. The van der Waals surface area contributed by atoms with Gasteiger partial charge in [-0.2, -0.15) is 0 Å². The summed E-state index contributed by atoms with van der Waals surface area (Å²) in [4.78, 5) is 24.1. The Morgan fingerprint density at radius 1 is 1.00 bits per heavy atom. The van der Waals surface area contributed by atoms with Gasteiger partial charge in [0.25, 0.3) is 0 Å². The first-order valence-electron chi connectivity index (χ1n) is 7.55. The smallest absolute Gasteiger partial charge is 0.339 e. The molecule has 6 nitrogen and oxygen atoms in total. The van der Waals surface area contributed by atoms with Crippen molar-refractivity contribution in [2.45, 2.75) is 11.8 Å². The Hall–Kier alpha value is -2.67. The number of ether oxygens (including phenoxy) is 2. The highest BCUT2D eigenvalue weighted by Crippen LogP contribution is 2.17. The van der Waals surface area contributed by atoms with Crippen LogP contribution in [-0.4, -0.2) is 39.6 Å². The van der Waals surface area contributed by atoms with Crippen molar-refractivity contribution in [1.82, 2.24) is 0 Å². The number of hydrogen-bond acceptors (Lipinski definition) is 6. The molecule has 0 fully saturated rings. The summed E-state index contributed by atoms with van der Waals surface area (Å²) >= 11 is 0. The van der Waals surface area contributed by atoms with E-state index < -0.39 is 28.2 Å². The van der Waals surface area contributed by atoms with E-state index in [-0.39, 0.29) is 10.5 Å². The van der Waals surface area contributed by atoms with Crippen molar-refractivity contribution in [2.75, 3.05) is 19.5 Å². The van der Waals surface area contributed by atoms with Gasteiger partial charge < -0.3 is 9.47 Å². The maximum absolute atomic E-state index is 12.1. The zero-order chi connectivity index (χ0) is 18.4. The number of sulfone groups is 1. The molecule has 0 aliphatic carbocycles. The lowest BCUT2D eigenvalue weighted by atomic mass is 10.1. The van der Waals surface area contributed by atoms with Gasteiger partial charge in [-0.15, -0.1) is 0 Å². The van der Waals surface area contributed by atoms with E-state index in [1.807, 2.05) is 6.92 Å². The number of rotatable bonds is 7. The molecule has 25 heavy (non-hydrogen) atoms. The fourth-order valence-corrected chi connectivity index (χ4v) is 3.03. The Kier molecular flexibility index (Phi) is 5.93. The van der Waals surface area contributed by atoms with Crippen molar-refractivity contribution in [3.8, 4) is 5.75 Å². The molecule has 0 atom stereocenters. The van der Waals surface area contributed by atoms with Crippen LogP contribution in [0.1, 0.15) is 27.6 Å². The summed E-state index contributed by atoms with van der Waals surface area (Å²) < 4.78 is 33.7. The number of esters is 1. The fourth-order valence-electron chi connectivity index (χ4n) is 2.15. The van der Waals surface area contributed by atoms with E-state index in [1.54, 1.807) is 24.3 Å². The average Bonchev–Trinajstić information content (AvgIpc) is 2.59. The minimum Gasteiger partial charge on any atom is -0.494 e. The van der Waals surface area contributed by atoms with E-state index in [0.29, 0.717) is 17.9 Å². The van der Waals surface area contributed by atoms with Crippen molar-refractivity contribution < 1.29 is 27.5 Å². The van der Waals surface area contributed by atoms with E-state index in [9.17, 15) is 18.0 Å². The van der Waals surface area contributed by atoms with Gasteiger partial charge >= 0.3 is 5.97 Å². The Bertz CT molecular complexity index is 869. The summed E-state index contributed by atoms with van der Waals surface area (Å²) in [5, 5.41) is 0. The number of ketones is 1. The fraction of sp³-hybridized carbons (Fsp3) is 0.222. The highest BCUT2D eigenvalue weighted by Gasteiger charge is 2.20. The molecule has 0 unspecified atom stereocenters. The second kappa shape index (κ2) is 7.94. The van der Waals surface area contributed by atoms with E-state index in [4.69, 9.17) is 9.47 Å². The first-order chi connectivity index (χ1) is 11.8. The predicted molar refractivity (Wildman–Crippen MR) is 91.8 cm³/mol. The lowest BCUT2D eigenvalue weighted by Crippen LogP contribution is -2.16. The summed E-state index contributed by atoms with van der Waals surface area (Å²) in [6, 6.07) is 12.2. The minimum absolute atomic E-state index is 0.0931. The van der Waals surface area contributed by atoms with Crippen molar-refractivity contribution in [3.05, 3.63) is 59.7 Å². The maximum Gasteiger partial charge on any atom is 0.339 e. The molecule has 0 aromatic heterocycles. The van der Waals surface area contributed by atoms with Crippen LogP contribution in [0.25, 0.3) is 0 Å². The molecule has 2 aromatic carbocycles. The van der Waals surface area contributed by atoms with Crippen molar-refractivity contribution >= 4 is 21.6 Å². The summed E-state index contributed by atoms with van der Waals surface area (Å²) in [5.74, 6) is -0.619. The van der Waals surface area contributed by atoms with Crippen LogP contribution >= 0.6 is 0 Å². The van der Waals surface area contributed by atoms with Gasteiger partial charge in [-0.1, -0.05) is 12.1 Å². The van der Waals surface area contributed by atoms with Gasteiger partial charge in [0.05, 0.1) is 17.1 Å². The highest BCUT2D eigenvalue weighted by molar-refractivity contribution is 7.90. The average molecular weight is 362 g/mol. The van der Waals surface area contributed by atoms with Gasteiger partial charge in [-0.05, 0) is 43.3 Å². The van der Waals surface area contributed by atoms with Crippen LogP contribution < -0.4 is 4.74 Å². The van der Waals surface area contributed by atoms with Crippen molar-refractivity contribution in [2.24, 2.45) is 0 Å². The van der Waals surface area contributed by atoms with Crippen molar-refractivity contribution in [3.63, 3.8) is 0 Å². The lowest BCUT2D eigenvalue weighted by Gasteiger charge is -2.08. The maximum atomic E-state index is 12.1. The van der Waals surface area contributed by atoms with Gasteiger partial charge in [0.2, 0.25) is 0 Å². The van der Waals surface area contributed by atoms with E-state index in [2.05, 4.69) is 0 Å². The van der Waals surface area contributed by atoms with Crippen LogP contribution in [0, 0.1) is 0 Å². The largest absolute Gasteiger partial charge is 0.494 e. The molecule has 0 radical (unpaired) electrons. The molecule has 0 amide bonds. The minimum atomic E-state index is -3.58. The quantitative estimate of drug-likeness (QED) is 0.556. The molecule has 0 aliphatic rings. The van der Waals surface area contributed by atoms with E-state index >= 15 is 0 Å². The molecule has 0 bridgehead atoms.